The van der Waals surface area contributed by atoms with Gasteiger partial charge in [0.25, 0.3) is 11.6 Å². The van der Waals surface area contributed by atoms with E-state index in [1.165, 1.54) is 12.1 Å². The van der Waals surface area contributed by atoms with Crippen molar-refractivity contribution < 1.29 is 9.72 Å². The lowest BCUT2D eigenvalue weighted by atomic mass is 10.0. The SMILES string of the molecule is O=C1c2ccccc2NC(c2ccc([N+](=O)[O-])cc2)N1c1ccc2ccccc2c1. The van der Waals surface area contributed by atoms with E-state index >= 15 is 0 Å². The highest BCUT2D eigenvalue weighted by atomic mass is 16.6. The Morgan fingerprint density at radius 3 is 2.30 bits per heavy atom. The molecule has 1 amide bonds. The van der Waals surface area contributed by atoms with Crippen LogP contribution in [0.2, 0.25) is 0 Å². The molecule has 4 aromatic rings. The Balaban J connectivity index is 1.65. The Kier molecular flexibility index (Phi) is 4.17. The number of amides is 1. The summed E-state index contributed by atoms with van der Waals surface area (Å²) in [5, 5.41) is 16.6. The van der Waals surface area contributed by atoms with Gasteiger partial charge in [0.1, 0.15) is 6.17 Å². The number of nitrogens with zero attached hydrogens (tertiary/aromatic N) is 2. The third kappa shape index (κ3) is 2.95. The van der Waals surface area contributed by atoms with Crippen LogP contribution in [0.15, 0.2) is 91.0 Å². The molecule has 6 heteroatoms. The summed E-state index contributed by atoms with van der Waals surface area (Å²) in [6.45, 7) is 0. The van der Waals surface area contributed by atoms with Gasteiger partial charge < -0.3 is 5.32 Å². The van der Waals surface area contributed by atoms with Gasteiger partial charge in [0.2, 0.25) is 0 Å². The molecular formula is C24H17N3O3. The van der Waals surface area contributed by atoms with Crippen LogP contribution in [0.25, 0.3) is 10.8 Å². The Labute approximate surface area is 172 Å². The highest BCUT2D eigenvalue weighted by Gasteiger charge is 2.34. The van der Waals surface area contributed by atoms with Gasteiger partial charge in [-0.25, -0.2) is 0 Å². The molecule has 4 aromatic carbocycles. The molecule has 5 rings (SSSR count). The number of carbonyl (C=O) groups is 1. The highest BCUT2D eigenvalue weighted by molar-refractivity contribution is 6.12. The number of nitro benzene ring substituents is 1. The van der Waals surface area contributed by atoms with Gasteiger partial charge in [-0.15, -0.1) is 0 Å². The Morgan fingerprint density at radius 1 is 0.833 bits per heavy atom. The van der Waals surface area contributed by atoms with Crippen LogP contribution >= 0.6 is 0 Å². The van der Waals surface area contributed by atoms with Gasteiger partial charge in [0, 0.05) is 23.5 Å². The zero-order valence-electron chi connectivity index (χ0n) is 15.9. The topological polar surface area (TPSA) is 75.5 Å². The number of hydrogen-bond donors (Lipinski definition) is 1. The third-order valence-electron chi connectivity index (χ3n) is 5.36. The van der Waals surface area contributed by atoms with Gasteiger partial charge in [-0.1, -0.05) is 42.5 Å². The van der Waals surface area contributed by atoms with Crippen LogP contribution in [0.4, 0.5) is 17.1 Å². The number of benzene rings is 4. The number of hydrogen-bond acceptors (Lipinski definition) is 4. The predicted molar refractivity (Wildman–Crippen MR) is 117 cm³/mol. The van der Waals surface area contributed by atoms with E-state index in [4.69, 9.17) is 0 Å². The molecule has 0 saturated carbocycles. The van der Waals surface area contributed by atoms with Gasteiger partial charge in [0.05, 0.1) is 10.5 Å². The van der Waals surface area contributed by atoms with Crippen LogP contribution in [0.3, 0.4) is 0 Å². The summed E-state index contributed by atoms with van der Waals surface area (Å²) < 4.78 is 0. The van der Waals surface area contributed by atoms with E-state index in [-0.39, 0.29) is 11.6 Å². The molecule has 0 radical (unpaired) electrons. The molecule has 6 nitrogen and oxygen atoms in total. The largest absolute Gasteiger partial charge is 0.360 e. The van der Waals surface area contributed by atoms with Gasteiger partial charge in [-0.3, -0.25) is 19.8 Å². The lowest BCUT2D eigenvalue weighted by Gasteiger charge is -2.38. The zero-order chi connectivity index (χ0) is 20.7. The second-order valence-electron chi connectivity index (χ2n) is 7.15. The molecule has 30 heavy (non-hydrogen) atoms. The molecular weight excluding hydrogens is 378 g/mol. The fraction of sp³-hybridized carbons (Fsp3) is 0.0417. The molecule has 1 heterocycles. The van der Waals surface area contributed by atoms with Crippen molar-refractivity contribution >= 4 is 33.7 Å². The fourth-order valence-electron chi connectivity index (χ4n) is 3.86. The summed E-state index contributed by atoms with van der Waals surface area (Å²) in [6.07, 6.45) is -0.491. The second kappa shape index (κ2) is 7.00. The average molecular weight is 395 g/mol. The van der Waals surface area contributed by atoms with Crippen LogP contribution in [-0.4, -0.2) is 10.8 Å². The number of nitro groups is 1. The first-order valence-electron chi connectivity index (χ1n) is 9.54. The first kappa shape index (κ1) is 17.9. The van der Waals surface area contributed by atoms with Gasteiger partial charge >= 0.3 is 0 Å². The number of nitrogens with one attached hydrogen (secondary N) is 1. The number of fused-ring (bicyclic) bond motifs is 2. The van der Waals surface area contributed by atoms with Crippen molar-refractivity contribution in [2.45, 2.75) is 6.17 Å². The molecule has 0 fully saturated rings. The zero-order valence-corrected chi connectivity index (χ0v) is 15.9. The number of non-ortho nitro benzene ring substituents is 1. The van der Waals surface area contributed by atoms with E-state index in [1.807, 2.05) is 60.7 Å². The number of para-hydroxylation sites is 1. The molecule has 1 aliphatic rings. The van der Waals surface area contributed by atoms with E-state index in [0.717, 1.165) is 27.7 Å². The van der Waals surface area contributed by atoms with Crippen LogP contribution in [0.5, 0.6) is 0 Å². The lowest BCUT2D eigenvalue weighted by molar-refractivity contribution is -0.384. The molecule has 0 aliphatic carbocycles. The van der Waals surface area contributed by atoms with Crippen LogP contribution in [0.1, 0.15) is 22.1 Å². The van der Waals surface area contributed by atoms with Crippen molar-refractivity contribution in [2.75, 3.05) is 10.2 Å². The molecule has 1 unspecified atom stereocenters. The minimum atomic E-state index is -0.491. The molecule has 1 atom stereocenters. The van der Waals surface area contributed by atoms with E-state index in [9.17, 15) is 14.9 Å². The minimum Gasteiger partial charge on any atom is -0.360 e. The van der Waals surface area contributed by atoms with Crippen molar-refractivity contribution in [2.24, 2.45) is 0 Å². The third-order valence-corrected chi connectivity index (χ3v) is 5.36. The number of rotatable bonds is 3. The first-order valence-corrected chi connectivity index (χ1v) is 9.54. The maximum atomic E-state index is 13.5. The predicted octanol–water partition coefficient (Wildman–Crippen LogP) is 5.52. The minimum absolute atomic E-state index is 0.0125. The van der Waals surface area contributed by atoms with Crippen molar-refractivity contribution in [3.05, 3.63) is 112 Å². The monoisotopic (exact) mass is 395 g/mol. The normalized spacial score (nSPS) is 15.5. The van der Waals surface area contributed by atoms with E-state index in [1.54, 1.807) is 23.1 Å². The average Bonchev–Trinajstić information content (AvgIpc) is 2.79. The van der Waals surface area contributed by atoms with Crippen molar-refractivity contribution in [3.8, 4) is 0 Å². The summed E-state index contributed by atoms with van der Waals surface area (Å²) in [5.41, 5.74) is 2.85. The molecule has 0 saturated heterocycles. The quantitative estimate of drug-likeness (QED) is 0.366. The maximum absolute atomic E-state index is 13.5. The van der Waals surface area contributed by atoms with Gasteiger partial charge in [-0.05, 0) is 52.7 Å². The highest BCUT2D eigenvalue weighted by Crippen LogP contribution is 2.37. The van der Waals surface area contributed by atoms with Gasteiger partial charge in [-0.2, -0.15) is 0 Å². The van der Waals surface area contributed by atoms with E-state index in [0.29, 0.717) is 5.56 Å². The number of anilines is 2. The molecule has 0 spiro atoms. The smallest absolute Gasteiger partial charge is 0.269 e. The summed E-state index contributed by atoms with van der Waals surface area (Å²) in [4.78, 5) is 25.8. The lowest BCUT2D eigenvalue weighted by Crippen LogP contribution is -2.43. The van der Waals surface area contributed by atoms with Crippen molar-refractivity contribution in [3.63, 3.8) is 0 Å². The molecule has 1 N–H and O–H groups in total. The summed E-state index contributed by atoms with van der Waals surface area (Å²) >= 11 is 0. The Bertz CT molecular complexity index is 1280. The molecule has 0 aromatic heterocycles. The van der Waals surface area contributed by atoms with E-state index in [2.05, 4.69) is 5.32 Å². The van der Waals surface area contributed by atoms with E-state index < -0.39 is 11.1 Å². The second-order valence-corrected chi connectivity index (χ2v) is 7.15. The Hall–Kier alpha value is -4.19. The van der Waals surface area contributed by atoms with Crippen molar-refractivity contribution in [1.29, 1.82) is 0 Å². The van der Waals surface area contributed by atoms with Crippen LogP contribution < -0.4 is 10.2 Å². The number of carbonyl (C=O) groups excluding carboxylic acids is 1. The summed E-state index contributed by atoms with van der Waals surface area (Å²) in [7, 11) is 0. The van der Waals surface area contributed by atoms with Crippen LogP contribution in [-0.2, 0) is 0 Å². The summed E-state index contributed by atoms with van der Waals surface area (Å²) in [6, 6.07) is 27.5. The Morgan fingerprint density at radius 2 is 1.53 bits per heavy atom. The standard InChI is InChI=1S/C24H17N3O3/c28-24-21-7-3-4-8-22(21)25-23(17-10-12-19(13-11-17)27(29)30)26(24)20-14-9-16-5-1-2-6-18(16)15-20/h1-15,23,25H. The van der Waals surface area contributed by atoms with Crippen molar-refractivity contribution in [1.82, 2.24) is 0 Å². The molecule has 0 bridgehead atoms. The molecule has 1 aliphatic heterocycles. The fourth-order valence-corrected chi connectivity index (χ4v) is 3.86. The first-order chi connectivity index (χ1) is 14.6. The van der Waals surface area contributed by atoms with Crippen LogP contribution in [0, 0.1) is 10.1 Å². The van der Waals surface area contributed by atoms with Gasteiger partial charge in [0.15, 0.2) is 0 Å². The maximum Gasteiger partial charge on any atom is 0.269 e. The molecule has 146 valence electrons. The summed E-state index contributed by atoms with van der Waals surface area (Å²) in [5.74, 6) is -0.122.